The SMILES string of the molecule is O=C1C(N2CNc3c2ccc(Cl)c3-c2ccccc2S(=O)(=O)N2CCCCC2)C1C1(C(=O)O)C=CC=CC1. The molecule has 6 rings (SSSR count). The van der Waals surface area contributed by atoms with Crippen molar-refractivity contribution < 1.29 is 23.1 Å². The topological polar surface area (TPSA) is 107 Å². The van der Waals surface area contributed by atoms with E-state index in [9.17, 15) is 23.1 Å². The number of hydrogen-bond donors (Lipinski definition) is 2. The summed E-state index contributed by atoms with van der Waals surface area (Å²) in [7, 11) is -3.74. The van der Waals surface area contributed by atoms with Crippen molar-refractivity contribution in [3.63, 3.8) is 0 Å². The van der Waals surface area contributed by atoms with E-state index in [2.05, 4.69) is 5.32 Å². The molecule has 2 fully saturated rings. The molecule has 0 amide bonds. The normalized spacial score (nSPS) is 26.8. The Labute approximate surface area is 226 Å². The maximum atomic E-state index is 13.7. The van der Waals surface area contributed by atoms with Crippen molar-refractivity contribution in [2.45, 2.75) is 36.6 Å². The van der Waals surface area contributed by atoms with Gasteiger partial charge in [-0.05, 0) is 37.5 Å². The Morgan fingerprint density at radius 1 is 1.08 bits per heavy atom. The van der Waals surface area contributed by atoms with Crippen molar-refractivity contribution in [2.75, 3.05) is 30.0 Å². The lowest BCUT2D eigenvalue weighted by Gasteiger charge is -2.28. The number of fused-ring (bicyclic) bond motifs is 1. The zero-order valence-electron chi connectivity index (χ0n) is 20.6. The van der Waals surface area contributed by atoms with Gasteiger partial charge < -0.3 is 15.3 Å². The number of rotatable bonds is 6. The number of aliphatic carboxylic acids is 1. The number of nitrogens with zero attached hydrogens (tertiary/aromatic N) is 2. The van der Waals surface area contributed by atoms with E-state index in [0.717, 1.165) is 19.3 Å². The van der Waals surface area contributed by atoms with Gasteiger partial charge in [-0.1, -0.05) is 60.5 Å². The van der Waals surface area contributed by atoms with Crippen molar-refractivity contribution in [3.05, 3.63) is 65.7 Å². The van der Waals surface area contributed by atoms with Crippen LogP contribution < -0.4 is 10.2 Å². The van der Waals surface area contributed by atoms with Crippen molar-refractivity contribution in [1.82, 2.24) is 4.31 Å². The summed E-state index contributed by atoms with van der Waals surface area (Å²) in [6.07, 6.45) is 9.82. The fourth-order valence-electron chi connectivity index (χ4n) is 6.14. The molecular weight excluding hydrogens is 526 g/mol. The van der Waals surface area contributed by atoms with Crippen molar-refractivity contribution in [1.29, 1.82) is 0 Å². The average Bonchev–Trinajstić information content (AvgIpc) is 3.42. The van der Waals surface area contributed by atoms with Gasteiger partial charge in [-0.3, -0.25) is 9.59 Å². The Morgan fingerprint density at radius 2 is 1.84 bits per heavy atom. The first-order chi connectivity index (χ1) is 18.3. The molecular formula is C28H28ClN3O5S. The third-order valence-corrected chi connectivity index (χ3v) is 10.4. The average molecular weight is 554 g/mol. The van der Waals surface area contributed by atoms with Crippen LogP contribution in [0.3, 0.4) is 0 Å². The molecule has 2 heterocycles. The molecule has 0 aromatic heterocycles. The fraction of sp³-hybridized carbons (Fsp3) is 0.357. The number of carboxylic acid groups (broad SMARTS) is 1. The number of halogens is 1. The van der Waals surface area contributed by atoms with E-state index in [1.165, 1.54) is 4.31 Å². The predicted octanol–water partition coefficient (Wildman–Crippen LogP) is 4.53. The van der Waals surface area contributed by atoms with E-state index >= 15 is 0 Å². The molecule has 2 aromatic carbocycles. The monoisotopic (exact) mass is 553 g/mol. The number of piperidine rings is 1. The second-order valence-electron chi connectivity index (χ2n) is 10.2. The van der Waals surface area contributed by atoms with Gasteiger partial charge in [0.05, 0.1) is 33.9 Å². The van der Waals surface area contributed by atoms with Crippen LogP contribution in [0.2, 0.25) is 5.02 Å². The van der Waals surface area contributed by atoms with Crippen LogP contribution in [0.1, 0.15) is 25.7 Å². The quantitative estimate of drug-likeness (QED) is 0.541. The van der Waals surface area contributed by atoms with Gasteiger partial charge in [0.1, 0.15) is 11.5 Å². The van der Waals surface area contributed by atoms with Crippen LogP contribution in [0.5, 0.6) is 0 Å². The molecule has 198 valence electrons. The first-order valence-electron chi connectivity index (χ1n) is 12.8. The molecule has 2 aromatic rings. The molecule has 2 N–H and O–H groups in total. The number of carboxylic acids is 1. The van der Waals surface area contributed by atoms with Crippen LogP contribution in [0, 0.1) is 11.3 Å². The van der Waals surface area contributed by atoms with Gasteiger partial charge in [0.25, 0.3) is 0 Å². The van der Waals surface area contributed by atoms with Gasteiger partial charge in [-0.2, -0.15) is 4.31 Å². The van der Waals surface area contributed by atoms with E-state index in [-0.39, 0.29) is 23.8 Å². The van der Waals surface area contributed by atoms with Gasteiger partial charge in [0.2, 0.25) is 10.0 Å². The van der Waals surface area contributed by atoms with E-state index < -0.39 is 33.4 Å². The maximum absolute atomic E-state index is 13.7. The number of carbonyl (C=O) groups excluding carboxylic acids is 1. The summed E-state index contributed by atoms with van der Waals surface area (Å²) in [4.78, 5) is 27.5. The van der Waals surface area contributed by atoms with Crippen LogP contribution >= 0.6 is 11.6 Å². The Bertz CT molecular complexity index is 1500. The van der Waals surface area contributed by atoms with Gasteiger partial charge in [-0.25, -0.2) is 8.42 Å². The molecule has 1 saturated heterocycles. The molecule has 2 aliphatic carbocycles. The van der Waals surface area contributed by atoms with Crippen molar-refractivity contribution >= 4 is 44.8 Å². The standard InChI is InChI=1S/C28H28ClN3O5S/c29-19-11-12-20-24(22(19)18-9-3-4-10-21(18)38(36,37)31-15-7-2-8-16-31)30-17-32(20)25-23(26(25)33)28(27(34)35)13-5-1-6-14-28/h1,3-6,9-13,23,25,30H,2,7-8,14-17H2,(H,34,35). The second kappa shape index (κ2) is 9.25. The van der Waals surface area contributed by atoms with Crippen LogP contribution in [0.25, 0.3) is 11.1 Å². The van der Waals surface area contributed by atoms with Crippen LogP contribution in [0.4, 0.5) is 11.4 Å². The minimum absolute atomic E-state index is 0.119. The summed E-state index contributed by atoms with van der Waals surface area (Å²) in [5.41, 5.74) is 1.12. The van der Waals surface area contributed by atoms with Gasteiger partial charge >= 0.3 is 5.97 Å². The number of hydrogen-bond acceptors (Lipinski definition) is 6. The number of allylic oxidation sites excluding steroid dienone is 3. The minimum atomic E-state index is -3.74. The first kappa shape index (κ1) is 25.2. The maximum Gasteiger partial charge on any atom is 0.314 e. The third kappa shape index (κ3) is 3.79. The number of ketones is 1. The zero-order valence-corrected chi connectivity index (χ0v) is 22.2. The number of benzene rings is 2. The molecule has 3 atom stereocenters. The number of anilines is 2. The molecule has 4 aliphatic rings. The number of sulfonamides is 1. The lowest BCUT2D eigenvalue weighted by atomic mass is 9.76. The summed E-state index contributed by atoms with van der Waals surface area (Å²) >= 11 is 6.71. The molecule has 0 radical (unpaired) electrons. The summed E-state index contributed by atoms with van der Waals surface area (Å²) in [5, 5.41) is 13.8. The smallest absolute Gasteiger partial charge is 0.314 e. The largest absolute Gasteiger partial charge is 0.481 e. The summed E-state index contributed by atoms with van der Waals surface area (Å²) < 4.78 is 28.9. The second-order valence-corrected chi connectivity index (χ2v) is 12.6. The van der Waals surface area contributed by atoms with E-state index in [4.69, 9.17) is 11.6 Å². The summed E-state index contributed by atoms with van der Waals surface area (Å²) in [6.45, 7) is 1.26. The van der Waals surface area contributed by atoms with Gasteiger partial charge in [0, 0.05) is 24.2 Å². The molecule has 3 unspecified atom stereocenters. The zero-order chi connectivity index (χ0) is 26.7. The highest BCUT2D eigenvalue weighted by Gasteiger charge is 2.66. The molecule has 1 saturated carbocycles. The highest BCUT2D eigenvalue weighted by molar-refractivity contribution is 7.89. The van der Waals surface area contributed by atoms with Crippen LogP contribution in [-0.2, 0) is 19.6 Å². The van der Waals surface area contributed by atoms with Gasteiger partial charge in [0.15, 0.2) is 5.78 Å². The first-order valence-corrected chi connectivity index (χ1v) is 14.6. The van der Waals surface area contributed by atoms with Gasteiger partial charge in [-0.15, -0.1) is 0 Å². The molecule has 0 bridgehead atoms. The Kier molecular flexibility index (Phi) is 6.13. The fourth-order valence-corrected chi connectivity index (χ4v) is 8.12. The van der Waals surface area contributed by atoms with Crippen molar-refractivity contribution in [2.24, 2.45) is 11.3 Å². The molecule has 10 heteroatoms. The number of nitrogens with one attached hydrogen (secondary N) is 1. The summed E-state index contributed by atoms with van der Waals surface area (Å²) in [6, 6.07) is 9.77. The highest BCUT2D eigenvalue weighted by atomic mass is 35.5. The molecule has 38 heavy (non-hydrogen) atoms. The Morgan fingerprint density at radius 3 is 2.55 bits per heavy atom. The molecule has 2 aliphatic heterocycles. The third-order valence-electron chi connectivity index (χ3n) is 8.15. The highest BCUT2D eigenvalue weighted by Crippen LogP contribution is 2.54. The lowest BCUT2D eigenvalue weighted by molar-refractivity contribution is -0.148. The van der Waals surface area contributed by atoms with Crippen molar-refractivity contribution in [3.8, 4) is 11.1 Å². The minimum Gasteiger partial charge on any atom is -0.481 e. The van der Waals surface area contributed by atoms with E-state index in [1.54, 1.807) is 60.7 Å². The number of carbonyl (C=O) groups is 2. The molecule has 0 spiro atoms. The van der Waals surface area contributed by atoms with E-state index in [0.29, 0.717) is 40.6 Å². The van der Waals surface area contributed by atoms with Crippen LogP contribution in [-0.4, -0.2) is 55.4 Å². The Hall–Kier alpha value is -3.14. The van der Waals surface area contributed by atoms with Crippen LogP contribution in [0.15, 0.2) is 65.6 Å². The molecule has 8 nitrogen and oxygen atoms in total. The number of Topliss-reactive ketones (excluding diaryl/α,β-unsaturated/α-hetero) is 1. The van der Waals surface area contributed by atoms with E-state index in [1.807, 2.05) is 4.90 Å². The lowest BCUT2D eigenvalue weighted by Crippen LogP contribution is -2.37. The predicted molar refractivity (Wildman–Crippen MR) is 146 cm³/mol. The summed E-state index contributed by atoms with van der Waals surface area (Å²) in [5.74, 6) is -1.81. The Balaban J connectivity index is 1.39.